The first-order valence-electron chi connectivity index (χ1n) is 9.09. The van der Waals surface area contributed by atoms with Crippen molar-refractivity contribution in [3.8, 4) is 17.6 Å². The Kier molecular flexibility index (Phi) is 6.57. The predicted molar refractivity (Wildman–Crippen MR) is 111 cm³/mol. The fourth-order valence-corrected chi connectivity index (χ4v) is 3.61. The first kappa shape index (κ1) is 20.5. The minimum atomic E-state index is -0.316. The molecule has 0 unspecified atom stereocenters. The summed E-state index contributed by atoms with van der Waals surface area (Å²) in [5.41, 5.74) is 2.73. The number of nitrogens with zero attached hydrogens (tertiary/aromatic N) is 2. The molecule has 0 N–H and O–H groups in total. The van der Waals surface area contributed by atoms with Gasteiger partial charge in [-0.3, -0.25) is 14.5 Å². The van der Waals surface area contributed by atoms with Crippen LogP contribution >= 0.6 is 11.8 Å². The molecule has 0 radical (unpaired) electrons. The first-order valence-corrected chi connectivity index (χ1v) is 9.91. The van der Waals surface area contributed by atoms with Crippen molar-refractivity contribution in [3.05, 3.63) is 64.1 Å². The first-order chi connectivity index (χ1) is 14.0. The van der Waals surface area contributed by atoms with Crippen molar-refractivity contribution < 1.29 is 19.1 Å². The van der Waals surface area contributed by atoms with Crippen molar-refractivity contribution in [1.29, 1.82) is 5.26 Å². The monoisotopic (exact) mass is 408 g/mol. The maximum absolute atomic E-state index is 12.7. The van der Waals surface area contributed by atoms with Crippen LogP contribution in [0.25, 0.3) is 6.08 Å². The number of imide groups is 1. The minimum Gasteiger partial charge on any atom is -0.490 e. The molecule has 0 bridgehead atoms. The lowest BCUT2D eigenvalue weighted by molar-refractivity contribution is -0.123. The van der Waals surface area contributed by atoms with Crippen LogP contribution in [0, 0.1) is 18.3 Å². The molecule has 1 fully saturated rings. The van der Waals surface area contributed by atoms with Gasteiger partial charge in [0.25, 0.3) is 11.1 Å². The molecule has 1 aliphatic rings. The Balaban J connectivity index is 1.80. The molecule has 1 heterocycles. The van der Waals surface area contributed by atoms with E-state index in [2.05, 4.69) is 0 Å². The summed E-state index contributed by atoms with van der Waals surface area (Å²) < 4.78 is 10.9. The molecular formula is C22H20N2O4S. The Hall–Kier alpha value is -3.24. The number of rotatable bonds is 7. The quantitative estimate of drug-likeness (QED) is 0.626. The third-order valence-corrected chi connectivity index (χ3v) is 5.10. The summed E-state index contributed by atoms with van der Waals surface area (Å²) >= 11 is 0.920. The Morgan fingerprint density at radius 2 is 1.86 bits per heavy atom. The maximum atomic E-state index is 12.7. The molecule has 1 saturated heterocycles. The summed E-state index contributed by atoms with van der Waals surface area (Å²) in [6, 6.07) is 14.8. The zero-order valence-electron chi connectivity index (χ0n) is 16.2. The number of thioether (sulfide) groups is 1. The van der Waals surface area contributed by atoms with Gasteiger partial charge in [-0.1, -0.05) is 35.9 Å². The number of hydrogen-bond donors (Lipinski definition) is 0. The van der Waals surface area contributed by atoms with Crippen molar-refractivity contribution in [3.63, 3.8) is 0 Å². The lowest BCUT2D eigenvalue weighted by atomic mass is 10.1. The predicted octanol–water partition coefficient (Wildman–Crippen LogP) is 4.53. The van der Waals surface area contributed by atoms with Gasteiger partial charge in [-0.15, -0.1) is 0 Å². The Labute approximate surface area is 173 Å². The van der Waals surface area contributed by atoms with Crippen LogP contribution in [0.3, 0.4) is 0 Å². The van der Waals surface area contributed by atoms with E-state index in [0.29, 0.717) is 28.6 Å². The topological polar surface area (TPSA) is 79.6 Å². The van der Waals surface area contributed by atoms with Crippen LogP contribution < -0.4 is 9.47 Å². The van der Waals surface area contributed by atoms with Gasteiger partial charge in [0, 0.05) is 0 Å². The zero-order valence-corrected chi connectivity index (χ0v) is 17.0. The Morgan fingerprint density at radius 3 is 2.55 bits per heavy atom. The largest absolute Gasteiger partial charge is 0.490 e. The molecule has 3 rings (SSSR count). The normalized spacial score (nSPS) is 14.9. The van der Waals surface area contributed by atoms with Crippen LogP contribution in [0.4, 0.5) is 4.79 Å². The van der Waals surface area contributed by atoms with E-state index in [0.717, 1.165) is 22.9 Å². The average Bonchev–Trinajstić information content (AvgIpc) is 2.96. The molecule has 6 nitrogen and oxygen atoms in total. The van der Waals surface area contributed by atoms with Gasteiger partial charge in [-0.2, -0.15) is 5.26 Å². The molecule has 2 amide bonds. The van der Waals surface area contributed by atoms with Gasteiger partial charge in [0.1, 0.15) is 6.07 Å². The molecule has 2 aromatic rings. The van der Waals surface area contributed by atoms with Gasteiger partial charge in [0.2, 0.25) is 0 Å². The summed E-state index contributed by atoms with van der Waals surface area (Å²) in [6.07, 6.45) is 1.66. The molecule has 0 aromatic heterocycles. The second kappa shape index (κ2) is 9.30. The van der Waals surface area contributed by atoms with E-state index in [4.69, 9.17) is 14.7 Å². The lowest BCUT2D eigenvalue weighted by Crippen LogP contribution is -2.27. The van der Waals surface area contributed by atoms with Crippen LogP contribution in [-0.2, 0) is 11.3 Å². The van der Waals surface area contributed by atoms with Crippen LogP contribution in [0.2, 0.25) is 0 Å². The molecular weight excluding hydrogens is 388 g/mol. The van der Waals surface area contributed by atoms with E-state index in [-0.39, 0.29) is 24.3 Å². The maximum Gasteiger partial charge on any atom is 0.293 e. The summed E-state index contributed by atoms with van der Waals surface area (Å²) in [4.78, 5) is 26.7. The number of aryl methyl sites for hydroxylation is 1. The van der Waals surface area contributed by atoms with Gasteiger partial charge >= 0.3 is 0 Å². The molecule has 1 aliphatic heterocycles. The van der Waals surface area contributed by atoms with Crippen LogP contribution in [0.1, 0.15) is 23.6 Å². The van der Waals surface area contributed by atoms with E-state index in [1.807, 2.05) is 44.2 Å². The summed E-state index contributed by atoms with van der Waals surface area (Å²) in [5.74, 6) is 0.622. The molecule has 0 saturated carbocycles. The lowest BCUT2D eigenvalue weighted by Gasteiger charge is -2.12. The Bertz CT molecular complexity index is 993. The number of carbonyl (C=O) groups excluding carboxylic acids is 2. The highest BCUT2D eigenvalue weighted by molar-refractivity contribution is 8.18. The summed E-state index contributed by atoms with van der Waals surface area (Å²) in [6.45, 7) is 4.42. The number of nitriles is 1. The van der Waals surface area contributed by atoms with Gasteiger partial charge in [0.15, 0.2) is 18.1 Å². The molecule has 0 spiro atoms. The number of benzene rings is 2. The highest BCUT2D eigenvalue weighted by Gasteiger charge is 2.35. The van der Waals surface area contributed by atoms with Crippen molar-refractivity contribution in [1.82, 2.24) is 4.90 Å². The fraction of sp³-hybridized carbons (Fsp3) is 0.227. The zero-order chi connectivity index (χ0) is 20.8. The second-order valence-corrected chi connectivity index (χ2v) is 7.33. The van der Waals surface area contributed by atoms with Crippen LogP contribution in [-0.4, -0.2) is 29.3 Å². The van der Waals surface area contributed by atoms with Crippen molar-refractivity contribution in [2.75, 3.05) is 13.2 Å². The molecule has 7 heteroatoms. The van der Waals surface area contributed by atoms with Crippen LogP contribution in [0.5, 0.6) is 11.5 Å². The van der Waals surface area contributed by atoms with E-state index in [1.54, 1.807) is 24.3 Å². The Morgan fingerprint density at radius 1 is 1.10 bits per heavy atom. The summed E-state index contributed by atoms with van der Waals surface area (Å²) in [7, 11) is 0. The molecule has 0 aliphatic carbocycles. The fourth-order valence-electron chi connectivity index (χ4n) is 2.78. The van der Waals surface area contributed by atoms with Crippen molar-refractivity contribution >= 4 is 29.0 Å². The van der Waals surface area contributed by atoms with Gasteiger partial charge < -0.3 is 9.47 Å². The molecule has 148 valence electrons. The summed E-state index contributed by atoms with van der Waals surface area (Å²) in [5, 5.41) is 8.40. The highest BCUT2D eigenvalue weighted by Crippen LogP contribution is 2.35. The standard InChI is InChI=1S/C22H20N2O4S/c1-3-27-19-12-17(8-9-18(19)28-11-10-23)13-20-21(25)24(22(26)29-20)14-16-6-4-15(2)5-7-16/h4-9,12-13H,3,11,14H2,1-2H3/b20-13-. The number of ether oxygens (including phenoxy) is 2. The highest BCUT2D eigenvalue weighted by atomic mass is 32.2. The smallest absolute Gasteiger partial charge is 0.293 e. The number of carbonyl (C=O) groups is 2. The van der Waals surface area contributed by atoms with Gasteiger partial charge in [-0.05, 0) is 54.9 Å². The van der Waals surface area contributed by atoms with E-state index >= 15 is 0 Å². The average molecular weight is 408 g/mol. The SMILES string of the molecule is CCOc1cc(/C=C2\SC(=O)N(Cc3ccc(C)cc3)C2=O)ccc1OCC#N. The molecule has 2 aromatic carbocycles. The number of amides is 2. The molecule has 0 atom stereocenters. The van der Waals surface area contributed by atoms with Crippen molar-refractivity contribution in [2.45, 2.75) is 20.4 Å². The third-order valence-electron chi connectivity index (χ3n) is 4.19. The van der Waals surface area contributed by atoms with E-state index in [9.17, 15) is 9.59 Å². The second-order valence-electron chi connectivity index (χ2n) is 6.34. The third kappa shape index (κ3) is 4.98. The van der Waals surface area contributed by atoms with Gasteiger partial charge in [0.05, 0.1) is 18.1 Å². The number of hydrogen-bond acceptors (Lipinski definition) is 6. The van der Waals surface area contributed by atoms with E-state index < -0.39 is 0 Å². The van der Waals surface area contributed by atoms with Gasteiger partial charge in [-0.25, -0.2) is 0 Å². The molecule has 29 heavy (non-hydrogen) atoms. The van der Waals surface area contributed by atoms with Crippen LogP contribution in [0.15, 0.2) is 47.4 Å². The minimum absolute atomic E-state index is 0.0860. The van der Waals surface area contributed by atoms with Crippen molar-refractivity contribution in [2.24, 2.45) is 0 Å². The van der Waals surface area contributed by atoms with E-state index in [1.165, 1.54) is 4.90 Å².